The number of rotatable bonds is 12. The minimum Gasteiger partial charge on any atom is -0.383 e. The third-order valence-electron chi connectivity index (χ3n) is 4.04. The maximum Gasteiger partial charge on any atom is 0.239 e. The van der Waals surface area contributed by atoms with Gasteiger partial charge in [-0.3, -0.25) is 4.79 Å². The molecule has 2 aromatic rings. The first-order valence-electron chi connectivity index (χ1n) is 9.62. The molecule has 0 aliphatic heterocycles. The zero-order valence-corrected chi connectivity index (χ0v) is 17.8. The Hall–Kier alpha value is -3.74. The van der Waals surface area contributed by atoms with Crippen molar-refractivity contribution in [1.82, 2.24) is 20.6 Å². The molecule has 0 fully saturated rings. The van der Waals surface area contributed by atoms with Crippen LogP contribution in [0.2, 0.25) is 0 Å². The molecular weight excluding hydrogens is 446 g/mol. The lowest BCUT2D eigenvalue weighted by Gasteiger charge is -2.13. The van der Waals surface area contributed by atoms with Crippen LogP contribution in [0.25, 0.3) is 0 Å². The Morgan fingerprint density at radius 1 is 1.21 bits per heavy atom. The Morgan fingerprint density at radius 2 is 1.91 bits per heavy atom. The summed E-state index contributed by atoms with van der Waals surface area (Å²) in [5.74, 6) is -5.04. The number of hydrogen-bond acceptors (Lipinski definition) is 8. The van der Waals surface area contributed by atoms with Crippen LogP contribution in [0.5, 0.6) is 0 Å². The van der Waals surface area contributed by atoms with Crippen LogP contribution in [0.15, 0.2) is 30.2 Å². The molecule has 1 aromatic heterocycles. The second kappa shape index (κ2) is 12.3. The van der Waals surface area contributed by atoms with Gasteiger partial charge in [-0.25, -0.2) is 22.5 Å². The average Bonchev–Trinajstić information content (AvgIpc) is 2.74. The van der Waals surface area contributed by atoms with E-state index in [9.17, 15) is 22.4 Å². The zero-order valence-electron chi connectivity index (χ0n) is 17.8. The van der Waals surface area contributed by atoms with Gasteiger partial charge < -0.3 is 31.4 Å². The first kappa shape index (κ1) is 25.5. The molecule has 0 saturated carbocycles. The van der Waals surface area contributed by atoms with Crippen molar-refractivity contribution in [2.75, 3.05) is 30.9 Å². The molecule has 0 aliphatic rings. The molecule has 0 bridgehead atoms. The van der Waals surface area contributed by atoms with Gasteiger partial charge in [0, 0.05) is 49.8 Å². The predicted molar refractivity (Wildman–Crippen MR) is 114 cm³/mol. The van der Waals surface area contributed by atoms with E-state index in [1.54, 1.807) is 6.92 Å². The molecule has 13 heteroatoms. The second-order valence-corrected chi connectivity index (χ2v) is 6.77. The van der Waals surface area contributed by atoms with Gasteiger partial charge >= 0.3 is 0 Å². The Bertz CT molecular complexity index is 997. The lowest BCUT2D eigenvalue weighted by Crippen LogP contribution is -2.40. The van der Waals surface area contributed by atoms with Crippen LogP contribution in [-0.4, -0.2) is 48.4 Å². The van der Waals surface area contributed by atoms with Gasteiger partial charge in [-0.2, -0.15) is 4.98 Å². The fraction of sp³-hybridized carbons (Fsp3) is 0.300. The van der Waals surface area contributed by atoms with Gasteiger partial charge in [0.05, 0.1) is 25.0 Å². The first-order valence-corrected chi connectivity index (χ1v) is 9.62. The van der Waals surface area contributed by atoms with E-state index in [1.807, 2.05) is 0 Å². The number of halogens is 4. The highest BCUT2D eigenvalue weighted by atomic mass is 19.1. The summed E-state index contributed by atoms with van der Waals surface area (Å²) in [6.45, 7) is 1.54. The Morgan fingerprint density at radius 3 is 2.55 bits per heavy atom. The number of nitrogens with one attached hydrogen (secondary N) is 5. The topological polar surface area (TPSA) is 124 Å². The number of methoxy groups -OCH3 is 1. The first-order chi connectivity index (χ1) is 15.7. The van der Waals surface area contributed by atoms with E-state index in [1.165, 1.54) is 13.3 Å². The van der Waals surface area contributed by atoms with Crippen molar-refractivity contribution in [3.8, 4) is 0 Å². The number of amides is 1. The van der Waals surface area contributed by atoms with Crippen LogP contribution in [-0.2, 0) is 16.1 Å². The fourth-order valence-corrected chi connectivity index (χ4v) is 2.58. The summed E-state index contributed by atoms with van der Waals surface area (Å²) in [5.41, 5.74) is -0.354. The van der Waals surface area contributed by atoms with Crippen molar-refractivity contribution in [1.29, 1.82) is 5.41 Å². The number of nitrogens with zero attached hydrogens (tertiary/aromatic N) is 2. The molecule has 1 heterocycles. The molecule has 5 N–H and O–H groups in total. The van der Waals surface area contributed by atoms with Crippen molar-refractivity contribution >= 4 is 23.9 Å². The normalized spacial score (nSPS) is 12.1. The van der Waals surface area contributed by atoms with Gasteiger partial charge in [0.1, 0.15) is 17.5 Å². The highest BCUT2D eigenvalue weighted by Gasteiger charge is 2.14. The van der Waals surface area contributed by atoms with Crippen LogP contribution in [0.4, 0.5) is 29.3 Å². The number of hydrogen-bond donors (Lipinski definition) is 5. The summed E-state index contributed by atoms with van der Waals surface area (Å²) < 4.78 is 59.5. The molecule has 33 heavy (non-hydrogen) atoms. The van der Waals surface area contributed by atoms with Crippen LogP contribution < -0.4 is 21.3 Å². The van der Waals surface area contributed by atoms with E-state index in [4.69, 9.17) is 10.1 Å². The molecule has 0 radical (unpaired) electrons. The third kappa shape index (κ3) is 8.03. The summed E-state index contributed by atoms with van der Waals surface area (Å²) in [7, 11) is 1.52. The minimum absolute atomic E-state index is 0.0844. The van der Waals surface area contributed by atoms with E-state index >= 15 is 0 Å². The maximum absolute atomic E-state index is 14.0. The quantitative estimate of drug-likeness (QED) is 0.239. The van der Waals surface area contributed by atoms with Gasteiger partial charge in [-0.15, -0.1) is 0 Å². The predicted octanol–water partition coefficient (Wildman–Crippen LogP) is 2.29. The van der Waals surface area contributed by atoms with E-state index in [2.05, 4.69) is 31.2 Å². The molecule has 1 atom stereocenters. The third-order valence-corrected chi connectivity index (χ3v) is 4.04. The molecule has 1 amide bonds. The van der Waals surface area contributed by atoms with Gasteiger partial charge in [-0.05, 0) is 6.92 Å². The van der Waals surface area contributed by atoms with Crippen LogP contribution in [0.3, 0.4) is 0 Å². The van der Waals surface area contributed by atoms with E-state index < -0.39 is 35.4 Å². The smallest absolute Gasteiger partial charge is 0.239 e. The molecule has 1 unspecified atom stereocenters. The number of carbonyl (C=O) groups excluding carboxylic acids is 1. The molecule has 9 nitrogen and oxygen atoms in total. The van der Waals surface area contributed by atoms with E-state index in [0.29, 0.717) is 18.7 Å². The molecule has 0 spiro atoms. The van der Waals surface area contributed by atoms with Crippen molar-refractivity contribution in [2.24, 2.45) is 0 Å². The van der Waals surface area contributed by atoms with Crippen LogP contribution in [0.1, 0.15) is 12.5 Å². The lowest BCUT2D eigenvalue weighted by atomic mass is 10.2. The number of ether oxygens (including phenoxy) is 1. The van der Waals surface area contributed by atoms with Crippen LogP contribution >= 0.6 is 0 Å². The zero-order chi connectivity index (χ0) is 24.4. The Labute approximate surface area is 187 Å². The average molecular weight is 469 g/mol. The number of aromatic nitrogens is 2. The lowest BCUT2D eigenvalue weighted by molar-refractivity contribution is -0.121. The second-order valence-electron chi connectivity index (χ2n) is 6.77. The molecule has 2 rings (SSSR count). The Kier molecular flexibility index (Phi) is 9.54. The summed E-state index contributed by atoms with van der Waals surface area (Å²) in [5, 5.41) is 17.9. The standard InChI is InChI=1S/C20H23F4N7O2/c1-11(10-33-2)29-18(32)9-26-6-13(5-25)30-20-28-8-17(24)19(31-20)27-7-14-15(22)3-12(21)4-16(14)23/h3-6,8,11,25-26H,7,9-10H2,1-2H3,(H,29,32)(H2,27,28,30,31)/b13-6+,25-5?. The van der Waals surface area contributed by atoms with Crippen molar-refractivity contribution in [2.45, 2.75) is 19.5 Å². The highest BCUT2D eigenvalue weighted by molar-refractivity contribution is 5.81. The SMILES string of the molecule is COCC(C)NC(=O)CN/C=C(\C=N)Nc1ncc(F)c(NCc2c(F)cc(F)cc2F)n1. The van der Waals surface area contributed by atoms with Gasteiger partial charge in [0.2, 0.25) is 11.9 Å². The highest BCUT2D eigenvalue weighted by Crippen LogP contribution is 2.18. The number of anilines is 2. The molecular formula is C20H23F4N7O2. The summed E-state index contributed by atoms with van der Waals surface area (Å²) in [6, 6.07) is 0.843. The van der Waals surface area contributed by atoms with Crippen molar-refractivity contribution in [3.05, 3.63) is 59.1 Å². The van der Waals surface area contributed by atoms with Crippen molar-refractivity contribution in [3.63, 3.8) is 0 Å². The molecule has 0 saturated heterocycles. The van der Waals surface area contributed by atoms with E-state index in [0.717, 1.165) is 12.4 Å². The van der Waals surface area contributed by atoms with Gasteiger partial charge in [0.15, 0.2) is 11.6 Å². The number of carbonyl (C=O) groups is 1. The Balaban J connectivity index is 2.00. The fourth-order valence-electron chi connectivity index (χ4n) is 2.58. The number of allylic oxidation sites excluding steroid dienone is 1. The minimum atomic E-state index is -1.13. The van der Waals surface area contributed by atoms with Gasteiger partial charge in [-0.1, -0.05) is 0 Å². The summed E-state index contributed by atoms with van der Waals surface area (Å²) in [4.78, 5) is 19.4. The van der Waals surface area contributed by atoms with E-state index in [-0.39, 0.29) is 36.0 Å². The van der Waals surface area contributed by atoms with Crippen molar-refractivity contribution < 1.29 is 27.1 Å². The van der Waals surface area contributed by atoms with Crippen LogP contribution in [0, 0.1) is 28.7 Å². The molecule has 1 aromatic carbocycles. The van der Waals surface area contributed by atoms with Gasteiger partial charge in [0.25, 0.3) is 0 Å². The molecule has 0 aliphatic carbocycles. The largest absolute Gasteiger partial charge is 0.383 e. The monoisotopic (exact) mass is 469 g/mol. The molecule has 178 valence electrons. The maximum atomic E-state index is 14.0. The number of benzene rings is 1. The summed E-state index contributed by atoms with van der Waals surface area (Å²) in [6.07, 6.45) is 3.03. The summed E-state index contributed by atoms with van der Waals surface area (Å²) >= 11 is 0.